The van der Waals surface area contributed by atoms with Crippen LogP contribution < -0.4 is 9.13 Å². The van der Waals surface area contributed by atoms with Gasteiger partial charge in [-0.25, -0.2) is 18.3 Å². The fourth-order valence-electron chi connectivity index (χ4n) is 3.33. The van der Waals surface area contributed by atoms with Crippen LogP contribution in [-0.2, 0) is 20.1 Å². The summed E-state index contributed by atoms with van der Waals surface area (Å²) >= 11 is 0. The first-order valence-electron chi connectivity index (χ1n) is 8.60. The Labute approximate surface area is 138 Å². The normalized spacial score (nSPS) is 13.1. The Morgan fingerprint density at radius 3 is 2.65 bits per heavy atom. The maximum atomic E-state index is 2.38. The highest BCUT2D eigenvalue weighted by Gasteiger charge is 2.25. The van der Waals surface area contributed by atoms with E-state index in [1.54, 1.807) is 0 Å². The lowest BCUT2D eigenvalue weighted by Crippen LogP contribution is -2.31. The molecular weight excluding hydrogens is 284 g/mol. The monoisotopic (exact) mass is 312 g/mol. The molecule has 4 nitrogen and oxygen atoms in total. The zero-order chi connectivity index (χ0) is 16.4. The van der Waals surface area contributed by atoms with Gasteiger partial charge >= 0.3 is 0 Å². The second-order valence-corrected chi connectivity index (χ2v) is 6.78. The number of aryl methyl sites for hydroxylation is 2. The zero-order valence-corrected chi connectivity index (χ0v) is 14.7. The number of hydrogen-bond donors (Lipinski definition) is 0. The molecule has 0 unspecified atom stereocenters. The van der Waals surface area contributed by atoms with Crippen molar-refractivity contribution in [2.75, 3.05) is 0 Å². The topological polar surface area (TPSA) is 17.6 Å². The molecule has 0 spiro atoms. The predicted octanol–water partition coefficient (Wildman–Crippen LogP) is 2.86. The van der Waals surface area contributed by atoms with Crippen LogP contribution in [0, 0.1) is 5.92 Å². The lowest BCUT2D eigenvalue weighted by molar-refractivity contribution is -0.696. The molecule has 2 heterocycles. The molecule has 0 amide bonds. The number of rotatable bonds is 6. The molecule has 4 heteroatoms. The van der Waals surface area contributed by atoms with Gasteiger partial charge in [-0.1, -0.05) is 32.9 Å². The van der Waals surface area contributed by atoms with Crippen molar-refractivity contribution in [2.45, 2.75) is 46.3 Å². The second kappa shape index (κ2) is 6.57. The summed E-state index contributed by atoms with van der Waals surface area (Å²) in [4.78, 5) is 0. The largest absolute Gasteiger partial charge is 0.244 e. The Morgan fingerprint density at radius 2 is 1.91 bits per heavy atom. The molecule has 0 saturated heterocycles. The summed E-state index contributed by atoms with van der Waals surface area (Å²) < 4.78 is 9.24. The lowest BCUT2D eigenvalue weighted by Gasteiger charge is -2.15. The van der Waals surface area contributed by atoms with Gasteiger partial charge in [0.25, 0.3) is 0 Å². The molecule has 0 N–H and O–H groups in total. The van der Waals surface area contributed by atoms with Gasteiger partial charge in [0.2, 0.25) is 12.7 Å². The van der Waals surface area contributed by atoms with Crippen LogP contribution in [0.5, 0.6) is 0 Å². The minimum Gasteiger partial charge on any atom is -0.237 e. The number of benzene rings is 1. The second-order valence-electron chi connectivity index (χ2n) is 6.78. The fourth-order valence-corrected chi connectivity index (χ4v) is 3.33. The summed E-state index contributed by atoms with van der Waals surface area (Å²) in [5, 5.41) is 0. The average molecular weight is 312 g/mol. The zero-order valence-electron chi connectivity index (χ0n) is 14.7. The Morgan fingerprint density at radius 1 is 1.13 bits per heavy atom. The Kier molecular flexibility index (Phi) is 4.51. The SMILES string of the molecule is CCC[n+]1ccn([C@H](Cn2c[n+](C)c3ccccc32)C(C)C)c1. The number of imidazole rings is 2. The van der Waals surface area contributed by atoms with Crippen LogP contribution >= 0.6 is 0 Å². The third-order valence-corrected chi connectivity index (χ3v) is 4.61. The maximum Gasteiger partial charge on any atom is 0.244 e. The van der Waals surface area contributed by atoms with Crippen LogP contribution in [0.4, 0.5) is 0 Å². The van der Waals surface area contributed by atoms with Gasteiger partial charge in [-0.3, -0.25) is 0 Å². The molecule has 0 aliphatic heterocycles. The smallest absolute Gasteiger partial charge is 0.237 e. The van der Waals surface area contributed by atoms with Gasteiger partial charge < -0.3 is 0 Å². The Balaban J connectivity index is 1.92. The molecule has 1 atom stereocenters. The van der Waals surface area contributed by atoms with Crippen molar-refractivity contribution < 1.29 is 9.13 Å². The fraction of sp³-hybridized carbons (Fsp3) is 0.474. The van der Waals surface area contributed by atoms with Crippen LogP contribution in [0.1, 0.15) is 33.2 Å². The van der Waals surface area contributed by atoms with E-state index in [1.807, 2.05) is 0 Å². The first-order chi connectivity index (χ1) is 11.1. The molecule has 23 heavy (non-hydrogen) atoms. The first-order valence-corrected chi connectivity index (χ1v) is 8.60. The van der Waals surface area contributed by atoms with Gasteiger partial charge in [0.15, 0.2) is 11.0 Å². The summed E-state index contributed by atoms with van der Waals surface area (Å²) in [7, 11) is 2.12. The molecule has 0 saturated carbocycles. The number of hydrogen-bond acceptors (Lipinski definition) is 0. The van der Waals surface area contributed by atoms with Crippen molar-refractivity contribution in [3.63, 3.8) is 0 Å². The van der Waals surface area contributed by atoms with Gasteiger partial charge in [-0.2, -0.15) is 0 Å². The predicted molar refractivity (Wildman–Crippen MR) is 91.9 cm³/mol. The van der Waals surface area contributed by atoms with Crippen molar-refractivity contribution in [3.05, 3.63) is 49.3 Å². The summed E-state index contributed by atoms with van der Waals surface area (Å²) in [6.07, 6.45) is 10.0. The number of fused-ring (bicyclic) bond motifs is 1. The van der Waals surface area contributed by atoms with Crippen LogP contribution in [0.25, 0.3) is 11.0 Å². The third kappa shape index (κ3) is 3.16. The van der Waals surface area contributed by atoms with E-state index in [2.05, 4.69) is 95.4 Å². The van der Waals surface area contributed by atoms with E-state index in [1.165, 1.54) is 17.5 Å². The molecule has 1 aromatic carbocycles. The van der Waals surface area contributed by atoms with Crippen LogP contribution in [0.2, 0.25) is 0 Å². The van der Waals surface area contributed by atoms with E-state index in [0.29, 0.717) is 12.0 Å². The minimum atomic E-state index is 0.448. The minimum absolute atomic E-state index is 0.448. The van der Waals surface area contributed by atoms with Crippen LogP contribution in [0.3, 0.4) is 0 Å². The molecule has 0 fully saturated rings. The maximum absolute atomic E-state index is 2.38. The molecular formula is C19H28N4+2. The van der Waals surface area contributed by atoms with Gasteiger partial charge in [0.05, 0.1) is 13.6 Å². The standard InChI is InChI=1S/C19H28N4/c1-5-10-21-11-12-22(15-21)19(16(2)3)13-23-14-20(4)17-8-6-7-9-18(17)23/h6-9,11-12,14-16,19H,5,10,13H2,1-4H3/q+2/t19-/m1/s1. The Hall–Kier alpha value is -2.10. The summed E-state index contributed by atoms with van der Waals surface area (Å²) in [6.45, 7) is 8.90. The summed E-state index contributed by atoms with van der Waals surface area (Å²) in [5.41, 5.74) is 2.58. The van der Waals surface area contributed by atoms with Gasteiger partial charge in [-0.15, -0.1) is 0 Å². The van der Waals surface area contributed by atoms with E-state index in [9.17, 15) is 0 Å². The highest BCUT2D eigenvalue weighted by Crippen LogP contribution is 2.21. The van der Waals surface area contributed by atoms with E-state index in [4.69, 9.17) is 0 Å². The molecule has 0 bridgehead atoms. The molecule has 0 aliphatic rings. The van der Waals surface area contributed by atoms with Gasteiger partial charge in [0.1, 0.15) is 25.0 Å². The van der Waals surface area contributed by atoms with E-state index in [0.717, 1.165) is 13.1 Å². The quantitative estimate of drug-likeness (QED) is 0.623. The van der Waals surface area contributed by atoms with Crippen molar-refractivity contribution in [3.8, 4) is 0 Å². The third-order valence-electron chi connectivity index (χ3n) is 4.61. The van der Waals surface area contributed by atoms with Crippen LogP contribution in [-0.4, -0.2) is 9.13 Å². The van der Waals surface area contributed by atoms with Crippen LogP contribution in [0.15, 0.2) is 49.3 Å². The highest BCUT2D eigenvalue weighted by atomic mass is 15.2. The lowest BCUT2D eigenvalue weighted by atomic mass is 10.0. The average Bonchev–Trinajstić information content (AvgIpc) is 3.11. The molecule has 122 valence electrons. The molecule has 3 rings (SSSR count). The molecule has 2 aromatic heterocycles. The summed E-state index contributed by atoms with van der Waals surface area (Å²) in [6, 6.07) is 9.06. The number of nitrogens with zero attached hydrogens (tertiary/aromatic N) is 4. The molecule has 0 radical (unpaired) electrons. The van der Waals surface area contributed by atoms with E-state index in [-0.39, 0.29) is 0 Å². The first kappa shape index (κ1) is 15.8. The summed E-state index contributed by atoms with van der Waals surface area (Å²) in [5.74, 6) is 0.573. The van der Waals surface area contributed by atoms with Gasteiger partial charge in [0, 0.05) is 0 Å². The van der Waals surface area contributed by atoms with E-state index >= 15 is 0 Å². The highest BCUT2D eigenvalue weighted by molar-refractivity contribution is 5.71. The Bertz CT molecular complexity index is 782. The van der Waals surface area contributed by atoms with Crippen molar-refractivity contribution in [1.29, 1.82) is 0 Å². The molecule has 3 aromatic rings. The number of aromatic nitrogens is 4. The van der Waals surface area contributed by atoms with Crippen molar-refractivity contribution in [1.82, 2.24) is 9.13 Å². The van der Waals surface area contributed by atoms with Crippen molar-refractivity contribution in [2.24, 2.45) is 13.0 Å². The van der Waals surface area contributed by atoms with Crippen molar-refractivity contribution >= 4 is 11.0 Å². The number of para-hydroxylation sites is 2. The van der Waals surface area contributed by atoms with E-state index < -0.39 is 0 Å². The van der Waals surface area contributed by atoms with Gasteiger partial charge in [-0.05, 0) is 24.5 Å². The molecule has 0 aliphatic carbocycles.